The average molecular weight is 364 g/mol. The second-order valence-electron chi connectivity index (χ2n) is 5.12. The summed E-state index contributed by atoms with van der Waals surface area (Å²) in [5.74, 6) is 1.14. The summed E-state index contributed by atoms with van der Waals surface area (Å²) in [4.78, 5) is 8.97. The van der Waals surface area contributed by atoms with Gasteiger partial charge in [0.2, 0.25) is 0 Å². The molecule has 1 aromatic heterocycles. The molecule has 1 fully saturated rings. The van der Waals surface area contributed by atoms with Gasteiger partial charge in [-0.1, -0.05) is 30.9 Å². The van der Waals surface area contributed by atoms with Crippen LogP contribution >= 0.6 is 27.5 Å². The summed E-state index contributed by atoms with van der Waals surface area (Å²) in [6.45, 7) is 0.400. The van der Waals surface area contributed by atoms with Gasteiger partial charge in [-0.05, 0) is 34.7 Å². The molecule has 1 heterocycles. The van der Waals surface area contributed by atoms with Crippen LogP contribution in [0, 0.1) is 5.92 Å². The molecule has 1 unspecified atom stereocenters. The van der Waals surface area contributed by atoms with Crippen LogP contribution in [0.3, 0.4) is 0 Å². The Hall–Kier alpha value is -0.230. The first-order valence-electron chi connectivity index (χ1n) is 6.91. The van der Waals surface area contributed by atoms with E-state index in [9.17, 15) is 0 Å². The number of hydrogen-bond donors (Lipinski definition) is 0. The molecule has 20 heavy (non-hydrogen) atoms. The van der Waals surface area contributed by atoms with Crippen LogP contribution in [0.4, 0.5) is 0 Å². The molecule has 2 rings (SSSR count). The van der Waals surface area contributed by atoms with Gasteiger partial charge >= 0.3 is 0 Å². The zero-order valence-electron chi connectivity index (χ0n) is 11.9. The highest BCUT2D eigenvalue weighted by Crippen LogP contribution is 2.36. The molecule has 1 saturated carbocycles. The smallest absolute Gasteiger partial charge is 0.159 e. The lowest BCUT2D eigenvalue weighted by molar-refractivity contribution is 0.0284. The first-order valence-corrected chi connectivity index (χ1v) is 8.08. The van der Waals surface area contributed by atoms with E-state index in [0.29, 0.717) is 28.0 Å². The number of methoxy groups -OCH3 is 2. The second kappa shape index (κ2) is 7.69. The van der Waals surface area contributed by atoms with Gasteiger partial charge in [0.15, 0.2) is 5.82 Å². The van der Waals surface area contributed by atoms with E-state index in [0.717, 1.165) is 18.5 Å². The van der Waals surface area contributed by atoms with Crippen LogP contribution in [0.15, 0.2) is 4.47 Å². The van der Waals surface area contributed by atoms with Crippen molar-refractivity contribution in [2.75, 3.05) is 14.2 Å². The molecule has 6 heteroatoms. The standard InChI is InChI=1S/C14H20BrClN2O2/c1-19-8-10-11(15)13(16)18-14(17-10)12(20-2)9-6-4-3-5-7-9/h9,12H,3-8H2,1-2H3. The molecule has 1 aromatic rings. The second-order valence-corrected chi connectivity index (χ2v) is 6.27. The average Bonchev–Trinajstić information content (AvgIpc) is 2.46. The number of hydrogen-bond acceptors (Lipinski definition) is 4. The van der Waals surface area contributed by atoms with E-state index in [2.05, 4.69) is 25.9 Å². The molecule has 112 valence electrons. The van der Waals surface area contributed by atoms with Crippen molar-refractivity contribution in [1.29, 1.82) is 0 Å². The Morgan fingerprint density at radius 2 is 1.95 bits per heavy atom. The molecule has 0 aromatic carbocycles. The summed E-state index contributed by atoms with van der Waals surface area (Å²) in [6, 6.07) is 0. The quantitative estimate of drug-likeness (QED) is 0.731. The van der Waals surface area contributed by atoms with Gasteiger partial charge in [-0.25, -0.2) is 9.97 Å². The van der Waals surface area contributed by atoms with Crippen molar-refractivity contribution in [3.63, 3.8) is 0 Å². The normalized spacial score (nSPS) is 18.2. The highest BCUT2D eigenvalue weighted by atomic mass is 79.9. The lowest BCUT2D eigenvalue weighted by atomic mass is 9.85. The molecule has 0 radical (unpaired) electrons. The predicted molar refractivity (Wildman–Crippen MR) is 81.8 cm³/mol. The monoisotopic (exact) mass is 362 g/mol. The Balaban J connectivity index is 2.28. The fourth-order valence-electron chi connectivity index (χ4n) is 2.79. The van der Waals surface area contributed by atoms with Crippen molar-refractivity contribution in [3.8, 4) is 0 Å². The van der Waals surface area contributed by atoms with E-state index in [1.165, 1.54) is 19.3 Å². The molecule has 0 aliphatic heterocycles. The Kier molecular flexibility index (Phi) is 6.20. The van der Waals surface area contributed by atoms with E-state index in [1.807, 2.05) is 0 Å². The zero-order chi connectivity index (χ0) is 14.5. The third-order valence-electron chi connectivity index (χ3n) is 3.76. The minimum atomic E-state index is -0.0866. The Labute approximate surface area is 133 Å². The molecule has 0 bridgehead atoms. The van der Waals surface area contributed by atoms with Crippen molar-refractivity contribution in [2.24, 2.45) is 5.92 Å². The van der Waals surface area contributed by atoms with Crippen LogP contribution in [0.25, 0.3) is 0 Å². The number of ether oxygens (including phenoxy) is 2. The molecule has 1 atom stereocenters. The van der Waals surface area contributed by atoms with E-state index >= 15 is 0 Å². The molecule has 0 N–H and O–H groups in total. The predicted octanol–water partition coefficient (Wildman–Crippen LogP) is 4.31. The highest BCUT2D eigenvalue weighted by molar-refractivity contribution is 9.10. The van der Waals surface area contributed by atoms with Gasteiger partial charge in [0.1, 0.15) is 11.3 Å². The zero-order valence-corrected chi connectivity index (χ0v) is 14.2. The molecule has 4 nitrogen and oxygen atoms in total. The Bertz CT molecular complexity index is 453. The minimum Gasteiger partial charge on any atom is -0.378 e. The maximum atomic E-state index is 6.19. The van der Waals surface area contributed by atoms with E-state index < -0.39 is 0 Å². The highest BCUT2D eigenvalue weighted by Gasteiger charge is 2.28. The van der Waals surface area contributed by atoms with E-state index in [-0.39, 0.29) is 6.10 Å². The number of nitrogens with zero attached hydrogens (tertiary/aromatic N) is 2. The van der Waals surface area contributed by atoms with Crippen molar-refractivity contribution < 1.29 is 9.47 Å². The molecule has 0 saturated heterocycles. The van der Waals surface area contributed by atoms with Crippen LogP contribution in [0.1, 0.15) is 49.7 Å². The lowest BCUT2D eigenvalue weighted by Crippen LogP contribution is -2.21. The van der Waals surface area contributed by atoms with Gasteiger partial charge in [0.05, 0.1) is 16.8 Å². The number of rotatable bonds is 5. The number of halogens is 2. The van der Waals surface area contributed by atoms with Crippen LogP contribution in [-0.2, 0) is 16.1 Å². The van der Waals surface area contributed by atoms with Crippen LogP contribution in [-0.4, -0.2) is 24.2 Å². The largest absolute Gasteiger partial charge is 0.378 e. The third-order valence-corrected chi connectivity index (χ3v) is 5.10. The van der Waals surface area contributed by atoms with Crippen LogP contribution in [0.5, 0.6) is 0 Å². The van der Waals surface area contributed by atoms with Gasteiger partial charge in [0, 0.05) is 14.2 Å². The summed E-state index contributed by atoms with van der Waals surface area (Å²) in [7, 11) is 3.35. The summed E-state index contributed by atoms with van der Waals surface area (Å²) < 4.78 is 11.5. The van der Waals surface area contributed by atoms with E-state index in [4.69, 9.17) is 21.1 Å². The molecule has 1 aliphatic carbocycles. The number of aromatic nitrogens is 2. The van der Waals surface area contributed by atoms with Crippen LogP contribution < -0.4 is 0 Å². The van der Waals surface area contributed by atoms with Crippen molar-refractivity contribution in [1.82, 2.24) is 9.97 Å². The third kappa shape index (κ3) is 3.70. The molecular formula is C14H20BrClN2O2. The minimum absolute atomic E-state index is 0.0866. The van der Waals surface area contributed by atoms with Crippen molar-refractivity contribution >= 4 is 27.5 Å². The Morgan fingerprint density at radius 3 is 2.55 bits per heavy atom. The first kappa shape index (κ1) is 16.1. The Morgan fingerprint density at radius 1 is 1.25 bits per heavy atom. The topological polar surface area (TPSA) is 44.2 Å². The van der Waals surface area contributed by atoms with Crippen molar-refractivity contribution in [2.45, 2.75) is 44.8 Å². The summed E-state index contributed by atoms with van der Waals surface area (Å²) >= 11 is 9.59. The molecular weight excluding hydrogens is 344 g/mol. The SMILES string of the molecule is COCc1nc(C(OC)C2CCCCC2)nc(Cl)c1Br. The van der Waals surface area contributed by atoms with Gasteiger partial charge in [0.25, 0.3) is 0 Å². The summed E-state index contributed by atoms with van der Waals surface area (Å²) in [5.41, 5.74) is 0.764. The summed E-state index contributed by atoms with van der Waals surface area (Å²) in [5, 5.41) is 0.417. The maximum absolute atomic E-state index is 6.19. The fourth-order valence-corrected chi connectivity index (χ4v) is 3.27. The van der Waals surface area contributed by atoms with Gasteiger partial charge in [-0.15, -0.1) is 0 Å². The molecule has 1 aliphatic rings. The first-order chi connectivity index (χ1) is 9.67. The fraction of sp³-hybridized carbons (Fsp3) is 0.714. The lowest BCUT2D eigenvalue weighted by Gasteiger charge is -2.28. The van der Waals surface area contributed by atoms with Crippen molar-refractivity contribution in [3.05, 3.63) is 21.1 Å². The summed E-state index contributed by atoms with van der Waals surface area (Å²) in [6.07, 6.45) is 6.05. The van der Waals surface area contributed by atoms with Crippen LogP contribution in [0.2, 0.25) is 5.15 Å². The molecule has 0 spiro atoms. The molecule has 0 amide bonds. The maximum Gasteiger partial charge on any atom is 0.159 e. The van der Waals surface area contributed by atoms with Gasteiger partial charge in [-0.2, -0.15) is 0 Å². The van der Waals surface area contributed by atoms with Gasteiger partial charge in [-0.3, -0.25) is 0 Å². The van der Waals surface area contributed by atoms with Gasteiger partial charge < -0.3 is 9.47 Å². The van der Waals surface area contributed by atoms with E-state index in [1.54, 1.807) is 14.2 Å².